The van der Waals surface area contributed by atoms with Gasteiger partial charge in [0.05, 0.1) is 23.3 Å². The van der Waals surface area contributed by atoms with E-state index < -0.39 is 0 Å². The van der Waals surface area contributed by atoms with E-state index in [-0.39, 0.29) is 17.3 Å². The van der Waals surface area contributed by atoms with Crippen LogP contribution in [0.25, 0.3) is 11.3 Å². The molecule has 0 N–H and O–H groups in total. The van der Waals surface area contributed by atoms with E-state index in [4.69, 9.17) is 4.98 Å². The lowest BCUT2D eigenvalue weighted by Gasteiger charge is -2.50. The molecule has 3 aromatic rings. The molecule has 1 fully saturated rings. The van der Waals surface area contributed by atoms with Gasteiger partial charge in [-0.25, -0.2) is 9.37 Å². The monoisotopic (exact) mass is 432 g/mol. The third kappa shape index (κ3) is 3.62. The molecule has 1 atom stereocenters. The molecule has 1 aromatic heterocycles. The minimum absolute atomic E-state index is 0.102. The van der Waals surface area contributed by atoms with Gasteiger partial charge < -0.3 is 9.47 Å². The molecule has 32 heavy (non-hydrogen) atoms. The summed E-state index contributed by atoms with van der Waals surface area (Å²) in [6.07, 6.45) is 3.86. The number of rotatable bonds is 3. The Balaban J connectivity index is 1.53. The molecule has 1 spiro atoms. The van der Waals surface area contributed by atoms with Crippen LogP contribution < -0.4 is 0 Å². The van der Waals surface area contributed by atoms with Gasteiger partial charge in [0, 0.05) is 43.3 Å². The van der Waals surface area contributed by atoms with Crippen molar-refractivity contribution in [3.05, 3.63) is 78.0 Å². The summed E-state index contributed by atoms with van der Waals surface area (Å²) in [6.45, 7) is 7.44. The Bertz CT molecular complexity index is 1130. The number of hydrogen-bond donors (Lipinski definition) is 0. The average molecular weight is 433 g/mol. The second-order valence-corrected chi connectivity index (χ2v) is 9.34. The first-order valence-corrected chi connectivity index (χ1v) is 11.4. The molecule has 5 nitrogen and oxygen atoms in total. The highest BCUT2D eigenvalue weighted by Gasteiger charge is 2.45. The van der Waals surface area contributed by atoms with Crippen molar-refractivity contribution in [1.29, 1.82) is 0 Å². The van der Waals surface area contributed by atoms with Gasteiger partial charge in [-0.05, 0) is 44.9 Å². The lowest BCUT2D eigenvalue weighted by atomic mass is 9.85. The van der Waals surface area contributed by atoms with Crippen LogP contribution in [0.4, 0.5) is 4.39 Å². The molecule has 3 heterocycles. The minimum atomic E-state index is -0.379. The molecule has 166 valence electrons. The first-order valence-electron chi connectivity index (χ1n) is 11.4. The maximum atomic E-state index is 13.8. The molecule has 1 saturated heterocycles. The molecule has 5 rings (SSSR count). The molecular weight excluding hydrogens is 403 g/mol. The number of fused-ring (bicyclic) bond motifs is 2. The van der Waals surface area contributed by atoms with Crippen LogP contribution in [0.3, 0.4) is 0 Å². The molecule has 2 aliphatic rings. The second-order valence-electron chi connectivity index (χ2n) is 9.34. The zero-order chi connectivity index (χ0) is 22.3. The first-order chi connectivity index (χ1) is 15.5. The van der Waals surface area contributed by atoms with Crippen molar-refractivity contribution in [2.45, 2.75) is 44.8 Å². The first kappa shape index (κ1) is 20.9. The molecule has 0 aliphatic carbocycles. The average Bonchev–Trinajstić information content (AvgIpc) is 3.24. The zero-order valence-electron chi connectivity index (χ0n) is 18.7. The Morgan fingerprint density at radius 1 is 1.09 bits per heavy atom. The van der Waals surface area contributed by atoms with Gasteiger partial charge in [-0.2, -0.15) is 0 Å². The van der Waals surface area contributed by atoms with Crippen LogP contribution in [0.5, 0.6) is 0 Å². The number of amides is 1. The van der Waals surface area contributed by atoms with E-state index in [9.17, 15) is 9.18 Å². The van der Waals surface area contributed by atoms with E-state index >= 15 is 0 Å². The Morgan fingerprint density at radius 3 is 2.66 bits per heavy atom. The Labute approximate surface area is 188 Å². The number of hydrogen-bond acceptors (Lipinski definition) is 3. The van der Waals surface area contributed by atoms with E-state index in [1.54, 1.807) is 12.1 Å². The van der Waals surface area contributed by atoms with Crippen molar-refractivity contribution in [3.8, 4) is 11.3 Å². The third-order valence-corrected chi connectivity index (χ3v) is 6.92. The molecule has 6 heteroatoms. The lowest BCUT2D eigenvalue weighted by Crippen LogP contribution is -2.60. The predicted octanol–water partition coefficient (Wildman–Crippen LogP) is 4.54. The van der Waals surface area contributed by atoms with E-state index in [1.807, 2.05) is 29.4 Å². The van der Waals surface area contributed by atoms with Gasteiger partial charge in [-0.3, -0.25) is 9.69 Å². The second kappa shape index (κ2) is 8.17. The standard InChI is InChI=1S/C26H29FN4O/c1-19(2)30-15-23-24(20-8-4-3-5-9-20)28-18-31(23)26(17-30)12-7-13-29(16-26)25(32)21-10-6-11-22(27)14-21/h3-6,8-11,14,18-19H,7,12-13,15-17H2,1-2H3/t26-/m1/s1. The van der Waals surface area contributed by atoms with Crippen molar-refractivity contribution in [1.82, 2.24) is 19.4 Å². The van der Waals surface area contributed by atoms with Crippen LogP contribution in [-0.4, -0.2) is 50.9 Å². The number of aromatic nitrogens is 2. The number of imidazole rings is 1. The Hall–Kier alpha value is -2.99. The fourth-order valence-corrected chi connectivity index (χ4v) is 5.25. The predicted molar refractivity (Wildman–Crippen MR) is 123 cm³/mol. The summed E-state index contributed by atoms with van der Waals surface area (Å²) in [5, 5.41) is 0. The van der Waals surface area contributed by atoms with Gasteiger partial charge in [0.2, 0.25) is 0 Å². The van der Waals surface area contributed by atoms with Gasteiger partial charge in [0.15, 0.2) is 0 Å². The minimum Gasteiger partial charge on any atom is -0.336 e. The molecule has 2 aliphatic heterocycles. The van der Waals surface area contributed by atoms with Gasteiger partial charge in [-0.1, -0.05) is 36.4 Å². The molecule has 1 amide bonds. The highest BCUT2D eigenvalue weighted by Crippen LogP contribution is 2.39. The van der Waals surface area contributed by atoms with Crippen molar-refractivity contribution in [2.24, 2.45) is 0 Å². The Kier molecular flexibility index (Phi) is 5.33. The number of likely N-dealkylation sites (tertiary alicyclic amines) is 1. The fourth-order valence-electron chi connectivity index (χ4n) is 5.25. The zero-order valence-corrected chi connectivity index (χ0v) is 18.7. The van der Waals surface area contributed by atoms with Crippen molar-refractivity contribution in [3.63, 3.8) is 0 Å². The van der Waals surface area contributed by atoms with E-state index in [0.29, 0.717) is 24.7 Å². The molecule has 0 bridgehead atoms. The lowest BCUT2D eigenvalue weighted by molar-refractivity contribution is 0.0179. The largest absolute Gasteiger partial charge is 0.336 e. The summed E-state index contributed by atoms with van der Waals surface area (Å²) in [7, 11) is 0. The van der Waals surface area contributed by atoms with Crippen LogP contribution >= 0.6 is 0 Å². The van der Waals surface area contributed by atoms with Gasteiger partial charge in [0.25, 0.3) is 5.91 Å². The van der Waals surface area contributed by atoms with E-state index in [1.165, 1.54) is 17.8 Å². The summed E-state index contributed by atoms with van der Waals surface area (Å²) < 4.78 is 16.1. The number of carbonyl (C=O) groups is 1. The number of nitrogens with zero attached hydrogens (tertiary/aromatic N) is 4. The van der Waals surface area contributed by atoms with Crippen molar-refractivity contribution in [2.75, 3.05) is 19.6 Å². The summed E-state index contributed by atoms with van der Waals surface area (Å²) in [5.41, 5.74) is 3.51. The van der Waals surface area contributed by atoms with Gasteiger partial charge in [-0.15, -0.1) is 0 Å². The fraction of sp³-hybridized carbons (Fsp3) is 0.385. The molecule has 0 radical (unpaired) electrons. The topological polar surface area (TPSA) is 41.4 Å². The molecular formula is C26H29FN4O. The van der Waals surface area contributed by atoms with Crippen LogP contribution in [0.1, 0.15) is 42.7 Å². The third-order valence-electron chi connectivity index (χ3n) is 6.92. The van der Waals surface area contributed by atoms with E-state index in [0.717, 1.165) is 37.2 Å². The number of benzene rings is 2. The summed E-state index contributed by atoms with van der Waals surface area (Å²) in [6, 6.07) is 16.7. The maximum absolute atomic E-state index is 13.8. The molecule has 0 unspecified atom stereocenters. The van der Waals surface area contributed by atoms with Crippen LogP contribution in [0.2, 0.25) is 0 Å². The highest BCUT2D eigenvalue weighted by atomic mass is 19.1. The van der Waals surface area contributed by atoms with Crippen LogP contribution in [-0.2, 0) is 12.1 Å². The highest BCUT2D eigenvalue weighted by molar-refractivity contribution is 5.94. The smallest absolute Gasteiger partial charge is 0.254 e. The number of halogens is 1. The molecule has 0 saturated carbocycles. The SMILES string of the molecule is CC(C)N1Cc2c(-c3ccccc3)ncn2[C@@]2(CCCN(C(=O)c3cccc(F)c3)C2)C1. The quantitative estimate of drug-likeness (QED) is 0.610. The summed E-state index contributed by atoms with van der Waals surface area (Å²) >= 11 is 0. The van der Waals surface area contributed by atoms with Crippen LogP contribution in [0, 0.1) is 5.82 Å². The van der Waals surface area contributed by atoms with Gasteiger partial charge >= 0.3 is 0 Å². The Morgan fingerprint density at radius 2 is 1.91 bits per heavy atom. The van der Waals surface area contributed by atoms with Crippen molar-refractivity contribution < 1.29 is 9.18 Å². The number of piperidine rings is 1. The summed E-state index contributed by atoms with van der Waals surface area (Å²) in [5.74, 6) is -0.481. The van der Waals surface area contributed by atoms with Crippen LogP contribution in [0.15, 0.2) is 60.9 Å². The van der Waals surface area contributed by atoms with E-state index in [2.05, 4.69) is 35.4 Å². The number of carbonyl (C=O) groups excluding carboxylic acids is 1. The van der Waals surface area contributed by atoms with Gasteiger partial charge in [0.1, 0.15) is 5.82 Å². The molecule has 2 aromatic carbocycles. The normalized spacial score (nSPS) is 21.2. The van der Waals surface area contributed by atoms with Crippen molar-refractivity contribution >= 4 is 5.91 Å². The summed E-state index contributed by atoms with van der Waals surface area (Å²) in [4.78, 5) is 22.5. The maximum Gasteiger partial charge on any atom is 0.254 e.